The zero-order valence-electron chi connectivity index (χ0n) is 8.41. The molecule has 0 aromatic carbocycles. The molecule has 13 heavy (non-hydrogen) atoms. The van der Waals surface area contributed by atoms with Gasteiger partial charge in [0.25, 0.3) is 0 Å². The molecule has 1 unspecified atom stereocenters. The molecule has 0 saturated heterocycles. The molecule has 0 amide bonds. The van der Waals surface area contributed by atoms with Crippen LogP contribution >= 0.6 is 0 Å². The summed E-state index contributed by atoms with van der Waals surface area (Å²) < 4.78 is 10.4. The second-order valence-corrected chi connectivity index (χ2v) is 3.19. The molecule has 0 aliphatic heterocycles. The van der Waals surface area contributed by atoms with Crippen LogP contribution in [0.4, 0.5) is 0 Å². The van der Waals surface area contributed by atoms with Crippen LogP contribution in [0.25, 0.3) is 0 Å². The monoisotopic (exact) mass is 183 g/mol. The molecule has 1 rings (SSSR count). The number of ether oxygens (including phenoxy) is 1. The van der Waals surface area contributed by atoms with Crippen molar-refractivity contribution < 1.29 is 9.15 Å². The van der Waals surface area contributed by atoms with E-state index in [4.69, 9.17) is 9.15 Å². The molecule has 0 spiro atoms. The van der Waals surface area contributed by atoms with Gasteiger partial charge in [-0.1, -0.05) is 0 Å². The van der Waals surface area contributed by atoms with Crippen LogP contribution in [0.15, 0.2) is 22.8 Å². The fourth-order valence-corrected chi connectivity index (χ4v) is 1.06. The standard InChI is InChI=1S/C10H17NO2/c1-8(12-3)7-11-9(2)10-5-4-6-13-10/h4-6,8-9,11H,7H2,1-3H3/t8?,9-/m0/s1. The van der Waals surface area contributed by atoms with Crippen molar-refractivity contribution in [3.05, 3.63) is 24.2 Å². The van der Waals surface area contributed by atoms with Crippen molar-refractivity contribution in [2.45, 2.75) is 26.0 Å². The van der Waals surface area contributed by atoms with Crippen LogP contribution < -0.4 is 5.32 Å². The Labute approximate surface area is 79.1 Å². The van der Waals surface area contributed by atoms with Crippen LogP contribution in [0.1, 0.15) is 25.6 Å². The summed E-state index contributed by atoms with van der Waals surface area (Å²) in [7, 11) is 1.71. The molecule has 1 heterocycles. The Kier molecular flexibility index (Phi) is 3.99. The lowest BCUT2D eigenvalue weighted by Crippen LogP contribution is -2.28. The molecule has 0 fully saturated rings. The van der Waals surface area contributed by atoms with E-state index in [0.29, 0.717) is 0 Å². The van der Waals surface area contributed by atoms with Gasteiger partial charge in [0, 0.05) is 13.7 Å². The smallest absolute Gasteiger partial charge is 0.120 e. The lowest BCUT2D eigenvalue weighted by atomic mass is 10.2. The number of nitrogens with one attached hydrogen (secondary N) is 1. The van der Waals surface area contributed by atoms with Crippen LogP contribution in [0, 0.1) is 0 Å². The first kappa shape index (κ1) is 10.3. The van der Waals surface area contributed by atoms with Crippen molar-refractivity contribution in [3.63, 3.8) is 0 Å². The first-order valence-corrected chi connectivity index (χ1v) is 4.53. The van der Waals surface area contributed by atoms with Crippen molar-refractivity contribution in [1.82, 2.24) is 5.32 Å². The molecule has 3 nitrogen and oxygen atoms in total. The molecule has 74 valence electrons. The Morgan fingerprint density at radius 2 is 2.31 bits per heavy atom. The van der Waals surface area contributed by atoms with Crippen LogP contribution in [0.2, 0.25) is 0 Å². The largest absolute Gasteiger partial charge is 0.468 e. The molecular weight excluding hydrogens is 166 g/mol. The minimum absolute atomic E-state index is 0.234. The highest BCUT2D eigenvalue weighted by atomic mass is 16.5. The first-order chi connectivity index (χ1) is 6.24. The van der Waals surface area contributed by atoms with Gasteiger partial charge in [0.05, 0.1) is 18.4 Å². The zero-order valence-corrected chi connectivity index (χ0v) is 8.41. The van der Waals surface area contributed by atoms with E-state index < -0.39 is 0 Å². The second kappa shape index (κ2) is 5.04. The second-order valence-electron chi connectivity index (χ2n) is 3.19. The molecule has 1 aromatic rings. The summed E-state index contributed by atoms with van der Waals surface area (Å²) in [5, 5.41) is 3.32. The Bertz CT molecular complexity index is 221. The SMILES string of the molecule is COC(C)CN[C@@H](C)c1ccco1. The summed E-state index contributed by atoms with van der Waals surface area (Å²) in [4.78, 5) is 0. The quantitative estimate of drug-likeness (QED) is 0.757. The van der Waals surface area contributed by atoms with Gasteiger partial charge >= 0.3 is 0 Å². The number of hydrogen-bond acceptors (Lipinski definition) is 3. The van der Waals surface area contributed by atoms with E-state index in [9.17, 15) is 0 Å². The predicted octanol–water partition coefficient (Wildman–Crippen LogP) is 1.97. The maximum atomic E-state index is 5.26. The average molecular weight is 183 g/mol. The van der Waals surface area contributed by atoms with Crippen molar-refractivity contribution in [1.29, 1.82) is 0 Å². The van der Waals surface area contributed by atoms with Crippen LogP contribution in [0.5, 0.6) is 0 Å². The van der Waals surface area contributed by atoms with Crippen molar-refractivity contribution in [2.24, 2.45) is 0 Å². The molecule has 2 atom stereocenters. The van der Waals surface area contributed by atoms with E-state index in [1.165, 1.54) is 0 Å². The van der Waals surface area contributed by atoms with E-state index in [1.807, 2.05) is 19.1 Å². The topological polar surface area (TPSA) is 34.4 Å². The highest BCUT2D eigenvalue weighted by Crippen LogP contribution is 2.11. The summed E-state index contributed by atoms with van der Waals surface area (Å²) in [5.74, 6) is 0.961. The van der Waals surface area contributed by atoms with Gasteiger partial charge in [-0.3, -0.25) is 0 Å². The van der Waals surface area contributed by atoms with Gasteiger partial charge < -0.3 is 14.5 Å². The first-order valence-electron chi connectivity index (χ1n) is 4.53. The maximum absolute atomic E-state index is 5.26. The number of methoxy groups -OCH3 is 1. The molecule has 0 bridgehead atoms. The van der Waals surface area contributed by atoms with E-state index in [1.54, 1.807) is 13.4 Å². The maximum Gasteiger partial charge on any atom is 0.120 e. The summed E-state index contributed by atoms with van der Waals surface area (Å²) in [6.45, 7) is 4.93. The number of furan rings is 1. The lowest BCUT2D eigenvalue weighted by molar-refractivity contribution is 0.114. The van der Waals surface area contributed by atoms with E-state index in [2.05, 4.69) is 12.2 Å². The van der Waals surface area contributed by atoms with Crippen molar-refractivity contribution >= 4 is 0 Å². The van der Waals surface area contributed by atoms with Gasteiger partial charge in [0.1, 0.15) is 5.76 Å². The zero-order chi connectivity index (χ0) is 9.68. The number of rotatable bonds is 5. The highest BCUT2D eigenvalue weighted by molar-refractivity contribution is 5.02. The molecule has 3 heteroatoms. The minimum Gasteiger partial charge on any atom is -0.468 e. The molecule has 0 aliphatic rings. The molecule has 0 saturated carbocycles. The van der Waals surface area contributed by atoms with E-state index in [-0.39, 0.29) is 12.1 Å². The van der Waals surface area contributed by atoms with Crippen molar-refractivity contribution in [3.8, 4) is 0 Å². The van der Waals surface area contributed by atoms with Gasteiger partial charge in [-0.2, -0.15) is 0 Å². The predicted molar refractivity (Wildman–Crippen MR) is 51.6 cm³/mol. The average Bonchev–Trinajstić information content (AvgIpc) is 2.66. The van der Waals surface area contributed by atoms with Gasteiger partial charge in [0.15, 0.2) is 0 Å². The third-order valence-electron chi connectivity index (χ3n) is 2.08. The van der Waals surface area contributed by atoms with Gasteiger partial charge in [-0.15, -0.1) is 0 Å². The number of hydrogen-bond donors (Lipinski definition) is 1. The summed E-state index contributed by atoms with van der Waals surface area (Å²) >= 11 is 0. The van der Waals surface area contributed by atoms with E-state index >= 15 is 0 Å². The van der Waals surface area contributed by atoms with Gasteiger partial charge in [-0.05, 0) is 26.0 Å². The van der Waals surface area contributed by atoms with Crippen LogP contribution in [-0.4, -0.2) is 19.8 Å². The van der Waals surface area contributed by atoms with E-state index in [0.717, 1.165) is 12.3 Å². The van der Waals surface area contributed by atoms with Crippen LogP contribution in [0.3, 0.4) is 0 Å². The third kappa shape index (κ3) is 3.20. The Balaban J connectivity index is 2.30. The molecule has 0 radical (unpaired) electrons. The normalized spacial score (nSPS) is 15.6. The lowest BCUT2D eigenvalue weighted by Gasteiger charge is -2.14. The molecule has 1 aromatic heterocycles. The Morgan fingerprint density at radius 3 is 2.85 bits per heavy atom. The summed E-state index contributed by atoms with van der Waals surface area (Å²) in [6.07, 6.45) is 1.92. The third-order valence-corrected chi connectivity index (χ3v) is 2.08. The van der Waals surface area contributed by atoms with Gasteiger partial charge in [0.2, 0.25) is 0 Å². The fraction of sp³-hybridized carbons (Fsp3) is 0.600. The minimum atomic E-state index is 0.234. The molecular formula is C10H17NO2. The highest BCUT2D eigenvalue weighted by Gasteiger charge is 2.08. The molecule has 0 aliphatic carbocycles. The van der Waals surface area contributed by atoms with Gasteiger partial charge in [-0.25, -0.2) is 0 Å². The summed E-state index contributed by atoms with van der Waals surface area (Å²) in [5.41, 5.74) is 0. The Hall–Kier alpha value is -0.800. The summed E-state index contributed by atoms with van der Waals surface area (Å²) in [6, 6.07) is 4.11. The Morgan fingerprint density at radius 1 is 1.54 bits per heavy atom. The van der Waals surface area contributed by atoms with Crippen molar-refractivity contribution in [2.75, 3.05) is 13.7 Å². The van der Waals surface area contributed by atoms with Crippen LogP contribution in [-0.2, 0) is 4.74 Å². The molecule has 1 N–H and O–H groups in total. The fourth-order valence-electron chi connectivity index (χ4n) is 1.06.